The van der Waals surface area contributed by atoms with Crippen LogP contribution < -0.4 is 0 Å². The Morgan fingerprint density at radius 1 is 1.26 bits per heavy atom. The number of nitrogens with zero attached hydrogens (tertiary/aromatic N) is 1. The molecule has 1 aromatic rings. The van der Waals surface area contributed by atoms with E-state index in [2.05, 4.69) is 0 Å². The van der Waals surface area contributed by atoms with Crippen molar-refractivity contribution in [3.63, 3.8) is 0 Å². The van der Waals surface area contributed by atoms with E-state index < -0.39 is 5.97 Å². The van der Waals surface area contributed by atoms with E-state index in [4.69, 9.17) is 9.47 Å². The second-order valence-electron chi connectivity index (χ2n) is 5.51. The Morgan fingerprint density at radius 3 is 2.61 bits per heavy atom. The summed E-state index contributed by atoms with van der Waals surface area (Å²) in [6.07, 6.45) is 3.52. The first-order valence-corrected chi connectivity index (χ1v) is 7.93. The number of hydrogen-bond acceptors (Lipinski definition) is 4. The molecule has 1 heterocycles. The lowest BCUT2D eigenvalue weighted by atomic mass is 10.1. The minimum atomic E-state index is -0.413. The first kappa shape index (κ1) is 17.1. The highest BCUT2D eigenvalue weighted by Gasteiger charge is 2.24. The Labute approximate surface area is 136 Å². The van der Waals surface area contributed by atoms with E-state index in [1.807, 2.05) is 31.2 Å². The molecular formula is C18H23NO4. The highest BCUT2D eigenvalue weighted by molar-refractivity contribution is 5.93. The molecule has 23 heavy (non-hydrogen) atoms. The summed E-state index contributed by atoms with van der Waals surface area (Å²) in [5.74, 6) is -0.352. The van der Waals surface area contributed by atoms with Gasteiger partial charge in [-0.2, -0.15) is 0 Å². The molecule has 0 saturated heterocycles. The fraction of sp³-hybridized carbons (Fsp3) is 0.444. The van der Waals surface area contributed by atoms with E-state index >= 15 is 0 Å². The maximum absolute atomic E-state index is 12.6. The lowest BCUT2D eigenvalue weighted by molar-refractivity contribution is -0.149. The zero-order valence-corrected chi connectivity index (χ0v) is 13.7. The van der Waals surface area contributed by atoms with Crippen LogP contribution in [0.1, 0.15) is 30.9 Å². The van der Waals surface area contributed by atoms with E-state index in [1.165, 1.54) is 4.90 Å². The molecule has 0 N–H and O–H groups in total. The summed E-state index contributed by atoms with van der Waals surface area (Å²) >= 11 is 0. The van der Waals surface area contributed by atoms with E-state index in [0.717, 1.165) is 24.0 Å². The summed E-state index contributed by atoms with van der Waals surface area (Å²) in [6, 6.07) is 7.88. The second-order valence-corrected chi connectivity index (χ2v) is 5.51. The number of carbonyl (C=O) groups is 2. The Balaban J connectivity index is 2.13. The molecule has 5 heteroatoms. The van der Waals surface area contributed by atoms with E-state index in [1.54, 1.807) is 13.0 Å². The van der Waals surface area contributed by atoms with Gasteiger partial charge in [-0.3, -0.25) is 9.59 Å². The Morgan fingerprint density at radius 2 is 2.00 bits per heavy atom. The van der Waals surface area contributed by atoms with Crippen molar-refractivity contribution in [2.45, 2.75) is 33.2 Å². The van der Waals surface area contributed by atoms with Crippen LogP contribution in [0.4, 0.5) is 0 Å². The molecule has 1 aliphatic heterocycles. The first-order chi connectivity index (χ1) is 11.1. The molecule has 1 amide bonds. The van der Waals surface area contributed by atoms with Gasteiger partial charge in [-0.05, 0) is 38.3 Å². The number of benzene rings is 1. The van der Waals surface area contributed by atoms with Crippen molar-refractivity contribution in [1.82, 2.24) is 4.90 Å². The minimum absolute atomic E-state index is 0.0821. The third-order valence-corrected chi connectivity index (χ3v) is 3.55. The van der Waals surface area contributed by atoms with Crippen LogP contribution in [-0.4, -0.2) is 36.5 Å². The molecule has 0 saturated carbocycles. The molecule has 0 aromatic heterocycles. The number of hydrogen-bond donors (Lipinski definition) is 0. The number of rotatable bonds is 6. The number of aryl methyl sites for hydroxylation is 1. The maximum atomic E-state index is 12.6. The van der Waals surface area contributed by atoms with Crippen molar-refractivity contribution >= 4 is 11.9 Å². The molecule has 0 atom stereocenters. The van der Waals surface area contributed by atoms with Crippen LogP contribution in [0.25, 0.3) is 0 Å². The molecule has 0 aliphatic carbocycles. The quantitative estimate of drug-likeness (QED) is 0.757. The lowest BCUT2D eigenvalue weighted by Crippen LogP contribution is -2.37. The lowest BCUT2D eigenvalue weighted by Gasteiger charge is -2.24. The number of carbonyl (C=O) groups excluding carboxylic acids is 2. The van der Waals surface area contributed by atoms with Crippen LogP contribution in [0.2, 0.25) is 0 Å². The van der Waals surface area contributed by atoms with Crippen LogP contribution in [0, 0.1) is 6.92 Å². The highest BCUT2D eigenvalue weighted by Crippen LogP contribution is 2.15. The standard InChI is InChI=1S/C18H23NO4/c1-3-22-17(20)13-19(12-15-9-7-14(2)8-10-15)18(21)16-6-4-5-11-23-16/h6-10H,3-5,11-13H2,1-2H3. The predicted molar refractivity (Wildman–Crippen MR) is 86.5 cm³/mol. The van der Waals surface area contributed by atoms with Gasteiger partial charge in [0.05, 0.1) is 13.2 Å². The van der Waals surface area contributed by atoms with Crippen LogP contribution >= 0.6 is 0 Å². The molecule has 5 nitrogen and oxygen atoms in total. The number of esters is 1. The average molecular weight is 317 g/mol. The van der Waals surface area contributed by atoms with Crippen molar-refractivity contribution in [3.8, 4) is 0 Å². The number of ether oxygens (including phenoxy) is 2. The van der Waals surface area contributed by atoms with Gasteiger partial charge in [0.15, 0.2) is 5.76 Å². The average Bonchev–Trinajstić information content (AvgIpc) is 2.56. The topological polar surface area (TPSA) is 55.8 Å². The summed E-state index contributed by atoms with van der Waals surface area (Å²) in [7, 11) is 0. The summed E-state index contributed by atoms with van der Waals surface area (Å²) in [5, 5.41) is 0. The number of amides is 1. The predicted octanol–water partition coefficient (Wildman–Crippen LogP) is 2.58. The van der Waals surface area contributed by atoms with Gasteiger partial charge >= 0.3 is 5.97 Å². The van der Waals surface area contributed by atoms with Crippen molar-refractivity contribution in [2.24, 2.45) is 0 Å². The van der Waals surface area contributed by atoms with Gasteiger partial charge in [-0.25, -0.2) is 0 Å². The Kier molecular flexibility index (Phi) is 6.20. The van der Waals surface area contributed by atoms with Crippen molar-refractivity contribution in [3.05, 3.63) is 47.2 Å². The molecule has 0 fully saturated rings. The van der Waals surface area contributed by atoms with Crippen LogP contribution in [0.5, 0.6) is 0 Å². The summed E-state index contributed by atoms with van der Waals surface area (Å²) in [5.41, 5.74) is 2.11. The molecule has 2 rings (SSSR count). The van der Waals surface area contributed by atoms with Crippen LogP contribution in [0.15, 0.2) is 36.1 Å². The van der Waals surface area contributed by atoms with E-state index in [0.29, 0.717) is 25.5 Å². The SMILES string of the molecule is CCOC(=O)CN(Cc1ccc(C)cc1)C(=O)C1=CCCCO1. The monoisotopic (exact) mass is 317 g/mol. The van der Waals surface area contributed by atoms with Crippen molar-refractivity contribution < 1.29 is 19.1 Å². The van der Waals surface area contributed by atoms with Gasteiger partial charge < -0.3 is 14.4 Å². The molecule has 0 unspecified atom stereocenters. The zero-order chi connectivity index (χ0) is 16.7. The third-order valence-electron chi connectivity index (χ3n) is 3.55. The Bertz CT molecular complexity index is 577. The van der Waals surface area contributed by atoms with Gasteiger partial charge in [0.2, 0.25) is 0 Å². The van der Waals surface area contributed by atoms with Crippen molar-refractivity contribution in [1.29, 1.82) is 0 Å². The summed E-state index contributed by atoms with van der Waals surface area (Å²) in [4.78, 5) is 25.9. The highest BCUT2D eigenvalue weighted by atomic mass is 16.5. The molecule has 0 radical (unpaired) electrons. The van der Waals surface area contributed by atoms with E-state index in [9.17, 15) is 9.59 Å². The molecule has 124 valence electrons. The second kappa shape index (κ2) is 8.36. The first-order valence-electron chi connectivity index (χ1n) is 7.93. The van der Waals surface area contributed by atoms with Gasteiger partial charge in [-0.1, -0.05) is 29.8 Å². The smallest absolute Gasteiger partial charge is 0.325 e. The fourth-order valence-electron chi connectivity index (χ4n) is 2.34. The van der Waals surface area contributed by atoms with Gasteiger partial charge in [-0.15, -0.1) is 0 Å². The molecule has 0 bridgehead atoms. The summed E-state index contributed by atoms with van der Waals surface area (Å²) in [6.45, 7) is 4.85. The molecule has 1 aliphatic rings. The van der Waals surface area contributed by atoms with Crippen molar-refractivity contribution in [2.75, 3.05) is 19.8 Å². The normalized spacial score (nSPS) is 13.7. The molecular weight excluding hydrogens is 294 g/mol. The van der Waals surface area contributed by atoms with Crippen LogP contribution in [0.3, 0.4) is 0 Å². The maximum Gasteiger partial charge on any atom is 0.325 e. The third kappa shape index (κ3) is 5.13. The van der Waals surface area contributed by atoms with E-state index in [-0.39, 0.29) is 12.5 Å². The van der Waals surface area contributed by atoms with Gasteiger partial charge in [0.25, 0.3) is 5.91 Å². The minimum Gasteiger partial charge on any atom is -0.488 e. The summed E-state index contributed by atoms with van der Waals surface area (Å²) < 4.78 is 10.4. The largest absolute Gasteiger partial charge is 0.488 e. The Hall–Kier alpha value is -2.30. The van der Waals surface area contributed by atoms with Gasteiger partial charge in [0.1, 0.15) is 6.54 Å². The zero-order valence-electron chi connectivity index (χ0n) is 13.7. The number of allylic oxidation sites excluding steroid dienone is 1. The fourth-order valence-corrected chi connectivity index (χ4v) is 2.34. The molecule has 1 aromatic carbocycles. The molecule has 0 spiro atoms. The van der Waals surface area contributed by atoms with Gasteiger partial charge in [0, 0.05) is 6.54 Å². The van der Waals surface area contributed by atoms with Crippen LogP contribution in [-0.2, 0) is 25.6 Å².